The molecule has 3 amide bonds. The summed E-state index contributed by atoms with van der Waals surface area (Å²) in [5.41, 5.74) is 8.40. The Labute approximate surface area is 555 Å². The number of carboxylic acid groups (broad SMARTS) is 1. The number of Topliss-reactive ketones (excluding diaryl/α,β-unsaturated/α-hetero) is 4. The maximum Gasteiger partial charge on any atom is 0.347 e. The fourth-order valence-corrected chi connectivity index (χ4v) is 14.2. The second-order valence-electron chi connectivity index (χ2n) is 18.1. The quantitative estimate of drug-likeness (QED) is 0.0345. The molecule has 10 heterocycles. The van der Waals surface area contributed by atoms with Gasteiger partial charge in [0.05, 0.1) is 89.6 Å². The number of carboxylic acids is 1. The summed E-state index contributed by atoms with van der Waals surface area (Å²) >= 11 is 33.6. The minimum atomic E-state index is -0.963. The first-order valence-electron chi connectivity index (χ1n) is 26.1. The van der Waals surface area contributed by atoms with Crippen LogP contribution in [-0.2, 0) is 9.47 Å². The Morgan fingerprint density at radius 3 is 1.15 bits per heavy atom. The number of nitrogens with zero attached hydrogens (tertiary/aromatic N) is 2. The van der Waals surface area contributed by atoms with Crippen molar-refractivity contribution in [3.63, 3.8) is 0 Å². The molecule has 30 heteroatoms. The number of amides is 3. The molecular weight excluding hydrogens is 1360 g/mol. The zero-order chi connectivity index (χ0) is 63.4. The number of aromatic carboxylic acids is 1. The van der Waals surface area contributed by atoms with Crippen LogP contribution in [0.1, 0.15) is 104 Å². The third kappa shape index (κ3) is 25.5. The Balaban J connectivity index is 0.000000200. The smallest absolute Gasteiger partial charge is 0.347 e. The average molecular weight is 1420 g/mol. The van der Waals surface area contributed by atoms with Crippen molar-refractivity contribution in [2.45, 2.75) is 27.7 Å². The molecule has 2 aliphatic heterocycles. The molecule has 0 spiro atoms. The highest BCUT2D eigenvalue weighted by Gasteiger charge is 2.18. The van der Waals surface area contributed by atoms with Gasteiger partial charge in [0, 0.05) is 68.5 Å². The lowest BCUT2D eigenvalue weighted by atomic mass is 10.3. The topological polar surface area (TPSA) is 256 Å². The van der Waals surface area contributed by atoms with E-state index in [1.165, 1.54) is 98.8 Å². The molecular formula is C57H61Cl4N7O11S8. The predicted molar refractivity (Wildman–Crippen MR) is 361 cm³/mol. The normalized spacial score (nSPS) is 12.8. The Bertz CT molecular complexity index is 3410. The van der Waals surface area contributed by atoms with Gasteiger partial charge < -0.3 is 41.6 Å². The largest absolute Gasteiger partial charge is 0.477 e. The van der Waals surface area contributed by atoms with Gasteiger partial charge in [-0.15, -0.1) is 90.7 Å². The predicted octanol–water partition coefficient (Wildman–Crippen LogP) is 14.3. The number of ketones is 4. The van der Waals surface area contributed by atoms with Crippen LogP contribution in [0.4, 0.5) is 17.1 Å². The summed E-state index contributed by atoms with van der Waals surface area (Å²) in [7, 11) is 0. The second-order valence-corrected chi connectivity index (χ2v) is 27.0. The molecule has 18 nitrogen and oxygen atoms in total. The fraction of sp³-hybridized carbons (Fsp3) is 0.298. The van der Waals surface area contributed by atoms with Crippen LogP contribution in [0.2, 0.25) is 20.1 Å². The number of carbonyl (C=O) groups excluding carboxylic acids is 7. The van der Waals surface area contributed by atoms with E-state index < -0.39 is 5.97 Å². The van der Waals surface area contributed by atoms with Gasteiger partial charge in [0.25, 0.3) is 17.7 Å². The number of nitrogens with two attached hydrogens (primary N) is 1. The fourth-order valence-electron chi connectivity index (χ4n) is 7.07. The number of halogens is 4. The molecule has 0 unspecified atom stereocenters. The van der Waals surface area contributed by atoms with Gasteiger partial charge >= 0.3 is 5.97 Å². The lowest BCUT2D eigenvalue weighted by Gasteiger charge is -2.26. The van der Waals surface area contributed by atoms with Crippen LogP contribution in [0.25, 0.3) is 0 Å². The number of anilines is 3. The molecule has 0 aromatic carbocycles. The molecule has 0 radical (unpaired) electrons. The van der Waals surface area contributed by atoms with E-state index in [1.54, 1.807) is 87.0 Å². The van der Waals surface area contributed by atoms with Gasteiger partial charge in [-0.1, -0.05) is 46.4 Å². The number of nitrogens with one attached hydrogen (secondary N) is 4. The number of ether oxygens (including phenoxy) is 2. The maximum absolute atomic E-state index is 12.3. The summed E-state index contributed by atoms with van der Waals surface area (Å²) in [4.78, 5) is 100. The van der Waals surface area contributed by atoms with Crippen LogP contribution in [0.3, 0.4) is 0 Å². The lowest BCUT2D eigenvalue weighted by molar-refractivity contribution is 0.0384. The van der Waals surface area contributed by atoms with E-state index in [0.29, 0.717) is 66.4 Å². The SMILES string of the molecule is CC(=O)c1cc(C)cs1.CC(=O)c1cc(NC(=O)c2sccc2Cl)cs1.CC(=O)c1cc(NC(=O)c2sccc2Cl)cs1.NCCN1CCOCC1.O=C(CNCCN1CCOCC1)c1cc(NC(=O)c2sccc2Cl)cs1.O=C(O)c1sccc1Cl. The van der Waals surface area contributed by atoms with Crippen LogP contribution < -0.4 is 27.0 Å². The van der Waals surface area contributed by atoms with E-state index in [1.807, 2.05) is 18.4 Å². The van der Waals surface area contributed by atoms with E-state index in [2.05, 4.69) is 31.1 Å². The van der Waals surface area contributed by atoms with Gasteiger partial charge in [-0.3, -0.25) is 43.4 Å². The molecule has 466 valence electrons. The first kappa shape index (κ1) is 72.8. The van der Waals surface area contributed by atoms with Gasteiger partial charge in [0.1, 0.15) is 19.5 Å². The number of rotatable bonds is 18. The molecule has 2 aliphatic rings. The highest BCUT2D eigenvalue weighted by Crippen LogP contribution is 2.29. The molecule has 0 saturated carbocycles. The molecule has 87 heavy (non-hydrogen) atoms. The van der Waals surface area contributed by atoms with Gasteiger partial charge in [0.2, 0.25) is 0 Å². The summed E-state index contributed by atoms with van der Waals surface area (Å²) in [5, 5.41) is 35.5. The van der Waals surface area contributed by atoms with Crippen LogP contribution in [0.15, 0.2) is 91.6 Å². The van der Waals surface area contributed by atoms with Crippen LogP contribution >= 0.6 is 137 Å². The van der Waals surface area contributed by atoms with E-state index in [9.17, 15) is 38.4 Å². The first-order chi connectivity index (χ1) is 41.6. The highest BCUT2D eigenvalue weighted by atomic mass is 35.5. The van der Waals surface area contributed by atoms with Gasteiger partial charge in [-0.25, -0.2) is 4.79 Å². The Hall–Kier alpha value is -4.92. The number of hydrogen-bond acceptors (Lipinski definition) is 22. The molecule has 2 fully saturated rings. The summed E-state index contributed by atoms with van der Waals surface area (Å²) in [6, 6.07) is 13.5. The van der Waals surface area contributed by atoms with E-state index >= 15 is 0 Å². The van der Waals surface area contributed by atoms with Crippen molar-refractivity contribution in [3.05, 3.63) is 156 Å². The van der Waals surface area contributed by atoms with Crippen LogP contribution in [0.5, 0.6) is 0 Å². The van der Waals surface area contributed by atoms with Crippen molar-refractivity contribution >= 4 is 201 Å². The summed E-state index contributed by atoms with van der Waals surface area (Å²) < 4.78 is 10.5. The second kappa shape index (κ2) is 38.6. The van der Waals surface area contributed by atoms with Crippen molar-refractivity contribution < 1.29 is 52.9 Å². The zero-order valence-electron chi connectivity index (χ0n) is 47.2. The average Bonchev–Trinajstić information content (AvgIpc) is 4.56. The third-order valence-corrected chi connectivity index (χ3v) is 21.0. The van der Waals surface area contributed by atoms with E-state index in [4.69, 9.17) is 66.7 Å². The van der Waals surface area contributed by atoms with Gasteiger partial charge in [-0.05, 0) is 109 Å². The Kier molecular flexibility index (Phi) is 32.3. The van der Waals surface area contributed by atoms with Crippen molar-refractivity contribution in [3.8, 4) is 0 Å². The first-order valence-corrected chi connectivity index (χ1v) is 34.7. The summed E-state index contributed by atoms with van der Waals surface area (Å²) in [6.07, 6.45) is 0. The highest BCUT2D eigenvalue weighted by molar-refractivity contribution is 7.15. The van der Waals surface area contributed by atoms with E-state index in [0.717, 1.165) is 95.0 Å². The van der Waals surface area contributed by atoms with Crippen molar-refractivity contribution in [2.24, 2.45) is 5.73 Å². The molecule has 7 N–H and O–H groups in total. The van der Waals surface area contributed by atoms with Crippen LogP contribution in [0, 0.1) is 6.92 Å². The number of hydrogen-bond donors (Lipinski definition) is 6. The Morgan fingerprint density at radius 2 is 0.851 bits per heavy atom. The third-order valence-electron chi connectivity index (χ3n) is 11.4. The number of aryl methyl sites for hydroxylation is 1. The molecule has 8 aromatic heterocycles. The zero-order valence-corrected chi connectivity index (χ0v) is 56.8. The van der Waals surface area contributed by atoms with E-state index in [-0.39, 0.29) is 52.3 Å². The van der Waals surface area contributed by atoms with Crippen molar-refractivity contribution in [2.75, 3.05) is 101 Å². The lowest BCUT2D eigenvalue weighted by Crippen LogP contribution is -2.41. The monoisotopic (exact) mass is 1420 g/mol. The summed E-state index contributed by atoms with van der Waals surface area (Å²) in [6.45, 7) is 17.6. The number of morpholine rings is 2. The number of carbonyl (C=O) groups is 8. The number of thiophene rings is 8. The minimum Gasteiger partial charge on any atom is -0.477 e. The molecule has 0 bridgehead atoms. The van der Waals surface area contributed by atoms with Gasteiger partial charge in [0.15, 0.2) is 23.1 Å². The van der Waals surface area contributed by atoms with Crippen molar-refractivity contribution in [1.82, 2.24) is 15.1 Å². The molecule has 0 aliphatic carbocycles. The minimum absolute atomic E-state index is 0.00958. The maximum atomic E-state index is 12.3. The standard InChI is InChI=1S/C17H20ClN3O3S2.2C11H8ClNO2S2.C7H8OS.C6H14N2O.C5H3ClO2S/c18-13-1-8-25-16(13)17(23)20-12-9-15(26-11-12)14(22)10-19-2-3-21-4-6-24-7-5-21;2*1-6(14)9-4-7(5-17-9)13-11(15)10-8(12)2-3-16-10;1-5-3-7(6(2)8)9-4-5;7-1-2-8-3-5-9-6-4-8;6-3-1-2-9-4(3)5(7)8/h1,8-9,11,19H,2-7,10H2,(H,20,23);2*2-5H,1H3,(H,13,15);3-4H,1-2H3;1-7H2;1-2H,(H,7,8). The van der Waals surface area contributed by atoms with Gasteiger partial charge in [-0.2, -0.15) is 0 Å². The van der Waals surface area contributed by atoms with Crippen molar-refractivity contribution in [1.29, 1.82) is 0 Å². The molecule has 2 saturated heterocycles. The molecule has 8 aromatic rings. The van der Waals surface area contributed by atoms with Crippen LogP contribution in [-0.4, -0.2) is 147 Å². The summed E-state index contributed by atoms with van der Waals surface area (Å²) in [5.74, 6) is -1.56. The molecule has 0 atom stereocenters. The Morgan fingerprint density at radius 1 is 0.506 bits per heavy atom. The molecule has 10 rings (SSSR count).